The Kier molecular flexibility index (Phi) is 4.28. The van der Waals surface area contributed by atoms with Gasteiger partial charge in [0.1, 0.15) is 10.6 Å². The van der Waals surface area contributed by atoms with Gasteiger partial charge in [0.05, 0.1) is 0 Å². The predicted molar refractivity (Wildman–Crippen MR) is 87.3 cm³/mol. The summed E-state index contributed by atoms with van der Waals surface area (Å²) >= 11 is 5.81. The number of hydrogen-bond donors (Lipinski definition) is 0. The molecule has 0 radical (unpaired) electrons. The fourth-order valence-corrected chi connectivity index (χ4v) is 3.51. The molecule has 1 fully saturated rings. The maximum Gasteiger partial charge on any atom is 0.339 e. The fraction of sp³-hybridized carbons (Fsp3) is 0.188. The molecule has 120 valence electrons. The summed E-state index contributed by atoms with van der Waals surface area (Å²) in [5.41, 5.74) is 0.689. The Balaban J connectivity index is 1.81. The van der Waals surface area contributed by atoms with Crippen molar-refractivity contribution >= 4 is 33.3 Å². The van der Waals surface area contributed by atoms with Crippen molar-refractivity contribution in [3.05, 3.63) is 53.6 Å². The van der Waals surface area contributed by atoms with Crippen molar-refractivity contribution in [3.8, 4) is 5.75 Å². The van der Waals surface area contributed by atoms with Crippen LogP contribution in [0.1, 0.15) is 12.8 Å². The highest BCUT2D eigenvalue weighted by Crippen LogP contribution is 2.25. The second-order valence-corrected chi connectivity index (χ2v) is 7.12. The molecule has 0 spiro atoms. The van der Waals surface area contributed by atoms with Crippen LogP contribution in [0, 0.1) is 0 Å². The van der Waals surface area contributed by atoms with E-state index in [1.54, 1.807) is 29.2 Å². The van der Waals surface area contributed by atoms with Crippen LogP contribution in [0.4, 0.5) is 5.69 Å². The number of amides is 1. The Morgan fingerprint density at radius 3 is 2.43 bits per heavy atom. The van der Waals surface area contributed by atoms with Gasteiger partial charge in [-0.3, -0.25) is 4.79 Å². The van der Waals surface area contributed by atoms with Gasteiger partial charge in [-0.05, 0) is 42.8 Å². The van der Waals surface area contributed by atoms with Gasteiger partial charge in [0.25, 0.3) is 0 Å². The molecule has 0 aliphatic carbocycles. The number of carbonyl (C=O) groups excluding carboxylic acids is 1. The van der Waals surface area contributed by atoms with Crippen molar-refractivity contribution in [3.63, 3.8) is 0 Å². The van der Waals surface area contributed by atoms with Gasteiger partial charge in [0.15, 0.2) is 0 Å². The first-order chi connectivity index (χ1) is 11.0. The highest BCUT2D eigenvalue weighted by molar-refractivity contribution is 7.87. The molecule has 1 aliphatic heterocycles. The largest absolute Gasteiger partial charge is 0.379 e. The Hall–Kier alpha value is -2.05. The summed E-state index contributed by atoms with van der Waals surface area (Å²) < 4.78 is 29.6. The van der Waals surface area contributed by atoms with Gasteiger partial charge in [-0.2, -0.15) is 8.42 Å². The zero-order valence-electron chi connectivity index (χ0n) is 12.1. The third-order valence-electron chi connectivity index (χ3n) is 3.51. The molecule has 0 atom stereocenters. The lowest BCUT2D eigenvalue weighted by atomic mass is 10.3. The summed E-state index contributed by atoms with van der Waals surface area (Å²) in [4.78, 5) is 13.4. The monoisotopic (exact) mass is 351 g/mol. The maximum atomic E-state index is 12.3. The average molecular weight is 352 g/mol. The zero-order valence-corrected chi connectivity index (χ0v) is 13.7. The van der Waals surface area contributed by atoms with Crippen LogP contribution in [0.3, 0.4) is 0 Å². The van der Waals surface area contributed by atoms with E-state index in [2.05, 4.69) is 0 Å². The van der Waals surface area contributed by atoms with E-state index in [0.29, 0.717) is 23.7 Å². The van der Waals surface area contributed by atoms with Crippen molar-refractivity contribution in [2.45, 2.75) is 17.7 Å². The Morgan fingerprint density at radius 2 is 1.83 bits per heavy atom. The molecule has 23 heavy (non-hydrogen) atoms. The van der Waals surface area contributed by atoms with Gasteiger partial charge >= 0.3 is 10.1 Å². The quantitative estimate of drug-likeness (QED) is 0.793. The fourth-order valence-electron chi connectivity index (χ4n) is 2.41. The molecule has 1 saturated heterocycles. The molecule has 1 heterocycles. The minimum absolute atomic E-state index is 0.0212. The molecule has 1 amide bonds. The number of benzene rings is 2. The van der Waals surface area contributed by atoms with E-state index in [1.807, 2.05) is 0 Å². The van der Waals surface area contributed by atoms with Gasteiger partial charge in [-0.25, -0.2) is 0 Å². The molecule has 2 aromatic carbocycles. The summed E-state index contributed by atoms with van der Waals surface area (Å²) in [6.45, 7) is 0.657. The molecule has 0 aromatic heterocycles. The molecule has 2 aromatic rings. The van der Waals surface area contributed by atoms with Gasteiger partial charge in [0, 0.05) is 29.7 Å². The molecular weight excluding hydrogens is 338 g/mol. The molecule has 1 aliphatic rings. The average Bonchev–Trinajstić information content (AvgIpc) is 2.93. The van der Waals surface area contributed by atoms with Crippen LogP contribution in [0.25, 0.3) is 0 Å². The van der Waals surface area contributed by atoms with E-state index in [-0.39, 0.29) is 16.6 Å². The minimum Gasteiger partial charge on any atom is -0.379 e. The Labute approximate surface area is 139 Å². The van der Waals surface area contributed by atoms with Gasteiger partial charge in [-0.1, -0.05) is 17.7 Å². The molecule has 0 bridgehead atoms. The van der Waals surface area contributed by atoms with E-state index in [9.17, 15) is 13.2 Å². The Morgan fingerprint density at radius 1 is 1.09 bits per heavy atom. The first kappa shape index (κ1) is 15.8. The number of carbonyl (C=O) groups is 1. The van der Waals surface area contributed by atoms with E-state index >= 15 is 0 Å². The molecule has 7 heteroatoms. The SMILES string of the molecule is O=C1CCCN1c1ccc(S(=O)(=O)Oc2cccc(Cl)c2)cc1. The minimum atomic E-state index is -3.95. The van der Waals surface area contributed by atoms with Crippen LogP contribution in [0.15, 0.2) is 53.4 Å². The third kappa shape index (κ3) is 3.48. The summed E-state index contributed by atoms with van der Waals surface area (Å²) in [7, 11) is -3.95. The number of halogens is 1. The molecule has 0 N–H and O–H groups in total. The van der Waals surface area contributed by atoms with E-state index in [0.717, 1.165) is 6.42 Å². The third-order valence-corrected chi connectivity index (χ3v) is 5.01. The van der Waals surface area contributed by atoms with Gasteiger partial charge in [0.2, 0.25) is 5.91 Å². The summed E-state index contributed by atoms with van der Waals surface area (Å²) in [5.74, 6) is 0.201. The van der Waals surface area contributed by atoms with Gasteiger partial charge < -0.3 is 9.08 Å². The van der Waals surface area contributed by atoms with Crippen LogP contribution in [-0.4, -0.2) is 20.9 Å². The van der Waals surface area contributed by atoms with Crippen molar-refractivity contribution in [2.24, 2.45) is 0 Å². The highest BCUT2D eigenvalue weighted by Gasteiger charge is 2.23. The Bertz CT molecular complexity index is 833. The highest BCUT2D eigenvalue weighted by atomic mass is 35.5. The second kappa shape index (κ2) is 6.22. The standard InChI is InChI=1S/C16H14ClNO4S/c17-12-3-1-4-14(11-12)22-23(20,21)15-8-6-13(7-9-15)18-10-2-5-16(18)19/h1,3-4,6-9,11H,2,5,10H2. The lowest BCUT2D eigenvalue weighted by Gasteiger charge is -2.16. The van der Waals surface area contributed by atoms with Crippen LogP contribution >= 0.6 is 11.6 Å². The first-order valence-electron chi connectivity index (χ1n) is 7.06. The summed E-state index contributed by atoms with van der Waals surface area (Å²) in [5, 5.41) is 0.389. The van der Waals surface area contributed by atoms with E-state index in [1.165, 1.54) is 24.3 Å². The van der Waals surface area contributed by atoms with E-state index in [4.69, 9.17) is 15.8 Å². The lowest BCUT2D eigenvalue weighted by molar-refractivity contribution is -0.117. The van der Waals surface area contributed by atoms with Crippen molar-refractivity contribution in [1.29, 1.82) is 0 Å². The van der Waals surface area contributed by atoms with Crippen LogP contribution in [0.5, 0.6) is 5.75 Å². The number of nitrogens with zero attached hydrogens (tertiary/aromatic N) is 1. The molecular formula is C16H14ClNO4S. The number of rotatable bonds is 4. The number of hydrogen-bond acceptors (Lipinski definition) is 4. The van der Waals surface area contributed by atoms with Crippen LogP contribution in [-0.2, 0) is 14.9 Å². The van der Waals surface area contributed by atoms with E-state index < -0.39 is 10.1 Å². The normalized spacial score (nSPS) is 15.0. The van der Waals surface area contributed by atoms with Crippen molar-refractivity contribution in [1.82, 2.24) is 0 Å². The topological polar surface area (TPSA) is 63.7 Å². The van der Waals surface area contributed by atoms with Gasteiger partial charge in [-0.15, -0.1) is 0 Å². The molecule has 5 nitrogen and oxygen atoms in total. The first-order valence-corrected chi connectivity index (χ1v) is 8.85. The maximum absolute atomic E-state index is 12.3. The summed E-state index contributed by atoms with van der Waals surface area (Å²) in [6.07, 6.45) is 1.34. The molecule has 0 unspecified atom stereocenters. The smallest absolute Gasteiger partial charge is 0.339 e. The zero-order chi connectivity index (χ0) is 16.4. The molecule has 3 rings (SSSR count). The second-order valence-electron chi connectivity index (χ2n) is 5.14. The summed E-state index contributed by atoms with van der Waals surface area (Å²) in [6, 6.07) is 12.3. The molecule has 0 saturated carbocycles. The lowest BCUT2D eigenvalue weighted by Crippen LogP contribution is -2.23. The predicted octanol–water partition coefficient (Wildman–Crippen LogP) is 3.23. The van der Waals surface area contributed by atoms with Crippen molar-refractivity contribution in [2.75, 3.05) is 11.4 Å². The van der Waals surface area contributed by atoms with Crippen molar-refractivity contribution < 1.29 is 17.4 Å². The van der Waals surface area contributed by atoms with Crippen LogP contribution in [0.2, 0.25) is 5.02 Å². The number of anilines is 1. The van der Waals surface area contributed by atoms with Crippen LogP contribution < -0.4 is 9.08 Å².